The van der Waals surface area contributed by atoms with Crippen LogP contribution >= 0.6 is 0 Å². The van der Waals surface area contributed by atoms with Gasteiger partial charge in [0, 0.05) is 11.1 Å². The van der Waals surface area contributed by atoms with Gasteiger partial charge in [-0.2, -0.15) is 5.10 Å². The van der Waals surface area contributed by atoms with E-state index in [1.165, 1.54) is 12.1 Å². The van der Waals surface area contributed by atoms with Crippen molar-refractivity contribution in [3.8, 4) is 0 Å². The molecule has 2 amide bonds. The van der Waals surface area contributed by atoms with Crippen LogP contribution in [-0.2, 0) is 0 Å². The number of aromatic amines is 1. The number of halogens is 1. The quantitative estimate of drug-likeness (QED) is 0.691. The molecule has 0 aliphatic heterocycles. The van der Waals surface area contributed by atoms with Crippen LogP contribution in [0.25, 0.3) is 10.9 Å². The Balaban J connectivity index is 1.65. The summed E-state index contributed by atoms with van der Waals surface area (Å²) >= 11 is 0. The van der Waals surface area contributed by atoms with Crippen LogP contribution in [0.3, 0.4) is 0 Å². The fourth-order valence-electron chi connectivity index (χ4n) is 2.21. The highest BCUT2D eigenvalue weighted by molar-refractivity contribution is 5.92. The SMILES string of the molecule is CC(NC(=O)Nc1ccc2cn[nH]c2c1)c1ccc(F)cc1. The van der Waals surface area contributed by atoms with Crippen molar-refractivity contribution in [3.05, 3.63) is 60.0 Å². The number of carbonyl (C=O) groups excluding carboxylic acids is 1. The zero-order valence-electron chi connectivity index (χ0n) is 11.9. The third kappa shape index (κ3) is 3.06. The lowest BCUT2D eigenvalue weighted by molar-refractivity contribution is 0.249. The summed E-state index contributed by atoms with van der Waals surface area (Å²) in [6, 6.07) is 11.0. The Morgan fingerprint density at radius 2 is 2.00 bits per heavy atom. The number of fused-ring (bicyclic) bond motifs is 1. The minimum atomic E-state index is -0.323. The third-order valence-corrected chi connectivity index (χ3v) is 3.42. The molecule has 1 aromatic heterocycles. The van der Waals surface area contributed by atoms with Gasteiger partial charge in [0.1, 0.15) is 5.82 Å². The van der Waals surface area contributed by atoms with Crippen LogP contribution in [0.4, 0.5) is 14.9 Å². The molecule has 3 aromatic rings. The molecule has 0 aliphatic rings. The molecule has 22 heavy (non-hydrogen) atoms. The fraction of sp³-hybridized carbons (Fsp3) is 0.125. The van der Waals surface area contributed by atoms with E-state index in [9.17, 15) is 9.18 Å². The molecular weight excluding hydrogens is 283 g/mol. The highest BCUT2D eigenvalue weighted by Crippen LogP contribution is 2.17. The van der Waals surface area contributed by atoms with E-state index in [2.05, 4.69) is 20.8 Å². The molecule has 3 rings (SSSR count). The predicted octanol–water partition coefficient (Wildman–Crippen LogP) is 3.58. The Labute approximate surface area is 126 Å². The van der Waals surface area contributed by atoms with E-state index in [0.29, 0.717) is 5.69 Å². The fourth-order valence-corrected chi connectivity index (χ4v) is 2.21. The summed E-state index contributed by atoms with van der Waals surface area (Å²) in [5.74, 6) is -0.298. The van der Waals surface area contributed by atoms with Crippen LogP contribution in [0.5, 0.6) is 0 Å². The Bertz CT molecular complexity index is 797. The maximum Gasteiger partial charge on any atom is 0.319 e. The van der Waals surface area contributed by atoms with Gasteiger partial charge in [-0.3, -0.25) is 5.10 Å². The standard InChI is InChI=1S/C16H15FN4O/c1-10(11-2-5-13(17)6-3-11)19-16(22)20-14-7-4-12-9-18-21-15(12)8-14/h2-10H,1H3,(H,18,21)(H2,19,20,22). The van der Waals surface area contributed by atoms with E-state index in [1.54, 1.807) is 24.4 Å². The molecule has 5 nitrogen and oxygen atoms in total. The number of anilines is 1. The third-order valence-electron chi connectivity index (χ3n) is 3.42. The van der Waals surface area contributed by atoms with Crippen molar-refractivity contribution in [2.45, 2.75) is 13.0 Å². The number of carbonyl (C=O) groups is 1. The van der Waals surface area contributed by atoms with Crippen LogP contribution in [-0.4, -0.2) is 16.2 Å². The van der Waals surface area contributed by atoms with E-state index < -0.39 is 0 Å². The number of H-pyrrole nitrogens is 1. The number of hydrogen-bond donors (Lipinski definition) is 3. The highest BCUT2D eigenvalue weighted by Gasteiger charge is 2.10. The van der Waals surface area contributed by atoms with Gasteiger partial charge in [0.15, 0.2) is 0 Å². The van der Waals surface area contributed by atoms with Crippen LogP contribution in [0.2, 0.25) is 0 Å². The largest absolute Gasteiger partial charge is 0.331 e. The van der Waals surface area contributed by atoms with E-state index >= 15 is 0 Å². The van der Waals surface area contributed by atoms with E-state index in [4.69, 9.17) is 0 Å². The number of nitrogens with one attached hydrogen (secondary N) is 3. The number of nitrogens with zero attached hydrogens (tertiary/aromatic N) is 1. The van der Waals surface area contributed by atoms with Gasteiger partial charge in [-0.15, -0.1) is 0 Å². The summed E-state index contributed by atoms with van der Waals surface area (Å²) < 4.78 is 12.9. The monoisotopic (exact) mass is 298 g/mol. The highest BCUT2D eigenvalue weighted by atomic mass is 19.1. The first kappa shape index (κ1) is 14.1. The second-order valence-electron chi connectivity index (χ2n) is 5.04. The average Bonchev–Trinajstić information content (AvgIpc) is 2.95. The maximum absolute atomic E-state index is 12.9. The van der Waals surface area contributed by atoms with E-state index in [1.807, 2.05) is 19.1 Å². The van der Waals surface area contributed by atoms with Crippen molar-refractivity contribution in [2.24, 2.45) is 0 Å². The lowest BCUT2D eigenvalue weighted by atomic mass is 10.1. The molecule has 1 unspecified atom stereocenters. The van der Waals surface area contributed by atoms with Crippen molar-refractivity contribution in [3.63, 3.8) is 0 Å². The van der Waals surface area contributed by atoms with Gasteiger partial charge >= 0.3 is 6.03 Å². The number of benzene rings is 2. The maximum atomic E-state index is 12.9. The first-order valence-corrected chi connectivity index (χ1v) is 6.88. The summed E-state index contributed by atoms with van der Waals surface area (Å²) in [5.41, 5.74) is 2.35. The van der Waals surface area contributed by atoms with Gasteiger partial charge in [0.2, 0.25) is 0 Å². The minimum Gasteiger partial charge on any atom is -0.331 e. The smallest absolute Gasteiger partial charge is 0.319 e. The van der Waals surface area contributed by atoms with Crippen molar-refractivity contribution in [2.75, 3.05) is 5.32 Å². The average molecular weight is 298 g/mol. The number of hydrogen-bond acceptors (Lipinski definition) is 2. The Morgan fingerprint density at radius 3 is 2.77 bits per heavy atom. The normalized spacial score (nSPS) is 12.1. The molecule has 1 heterocycles. The molecule has 6 heteroatoms. The zero-order valence-corrected chi connectivity index (χ0v) is 11.9. The van der Waals surface area contributed by atoms with Gasteiger partial charge in [-0.05, 0) is 42.8 Å². The number of rotatable bonds is 3. The van der Waals surface area contributed by atoms with Crippen molar-refractivity contribution in [1.29, 1.82) is 0 Å². The van der Waals surface area contributed by atoms with Crippen LogP contribution in [0.15, 0.2) is 48.7 Å². The van der Waals surface area contributed by atoms with Gasteiger partial charge in [0.05, 0.1) is 17.8 Å². The summed E-state index contributed by atoms with van der Waals surface area (Å²) in [6.45, 7) is 1.84. The van der Waals surface area contributed by atoms with E-state index in [0.717, 1.165) is 16.5 Å². The van der Waals surface area contributed by atoms with E-state index in [-0.39, 0.29) is 17.9 Å². The van der Waals surface area contributed by atoms with Gasteiger partial charge in [0.25, 0.3) is 0 Å². The Kier molecular flexibility index (Phi) is 3.74. The first-order valence-electron chi connectivity index (χ1n) is 6.88. The Morgan fingerprint density at radius 1 is 1.23 bits per heavy atom. The summed E-state index contributed by atoms with van der Waals surface area (Å²) in [6.07, 6.45) is 1.72. The molecule has 0 saturated carbocycles. The number of aromatic nitrogens is 2. The molecule has 112 valence electrons. The first-order chi connectivity index (χ1) is 10.6. The van der Waals surface area contributed by atoms with Gasteiger partial charge < -0.3 is 10.6 Å². The molecule has 0 bridgehead atoms. The lowest BCUT2D eigenvalue weighted by Gasteiger charge is -2.15. The molecule has 0 radical (unpaired) electrons. The predicted molar refractivity (Wildman–Crippen MR) is 83.1 cm³/mol. The van der Waals surface area contributed by atoms with Crippen LogP contribution in [0.1, 0.15) is 18.5 Å². The molecular formula is C16H15FN4O. The van der Waals surface area contributed by atoms with Gasteiger partial charge in [-0.25, -0.2) is 9.18 Å². The lowest BCUT2D eigenvalue weighted by Crippen LogP contribution is -2.31. The van der Waals surface area contributed by atoms with Crippen molar-refractivity contribution >= 4 is 22.6 Å². The molecule has 3 N–H and O–H groups in total. The topological polar surface area (TPSA) is 69.8 Å². The molecule has 0 aliphatic carbocycles. The van der Waals surface area contributed by atoms with Crippen molar-refractivity contribution < 1.29 is 9.18 Å². The van der Waals surface area contributed by atoms with Crippen molar-refractivity contribution in [1.82, 2.24) is 15.5 Å². The number of urea groups is 1. The minimum absolute atomic E-state index is 0.225. The van der Waals surface area contributed by atoms with Crippen LogP contribution in [0, 0.1) is 5.82 Å². The molecule has 0 saturated heterocycles. The molecule has 0 spiro atoms. The Hall–Kier alpha value is -2.89. The van der Waals surface area contributed by atoms with Gasteiger partial charge in [-0.1, -0.05) is 12.1 Å². The van der Waals surface area contributed by atoms with Crippen LogP contribution < -0.4 is 10.6 Å². The summed E-state index contributed by atoms with van der Waals surface area (Å²) in [7, 11) is 0. The second kappa shape index (κ2) is 5.85. The summed E-state index contributed by atoms with van der Waals surface area (Å²) in [4.78, 5) is 12.0. The molecule has 0 fully saturated rings. The molecule has 1 atom stereocenters. The number of amides is 2. The molecule has 2 aromatic carbocycles. The second-order valence-corrected chi connectivity index (χ2v) is 5.04. The summed E-state index contributed by atoms with van der Waals surface area (Å²) in [5, 5.41) is 13.3. The zero-order chi connectivity index (χ0) is 15.5.